The van der Waals surface area contributed by atoms with E-state index < -0.39 is 0 Å². The van der Waals surface area contributed by atoms with E-state index in [2.05, 4.69) is 47.2 Å². The Hall–Kier alpha value is -0.870. The van der Waals surface area contributed by atoms with Gasteiger partial charge in [-0.2, -0.15) is 0 Å². The van der Waals surface area contributed by atoms with Gasteiger partial charge in [0.1, 0.15) is 0 Å². The molecule has 0 radical (unpaired) electrons. The number of amides is 1. The van der Waals surface area contributed by atoms with Gasteiger partial charge in [-0.25, -0.2) is 0 Å². The summed E-state index contributed by atoms with van der Waals surface area (Å²) in [4.78, 5) is 14.4. The quantitative estimate of drug-likeness (QED) is 0.926. The van der Waals surface area contributed by atoms with Gasteiger partial charge in [-0.1, -0.05) is 28.1 Å². The number of carbonyl (C=O) groups excluding carboxylic acids is 1. The van der Waals surface area contributed by atoms with Crippen molar-refractivity contribution in [3.63, 3.8) is 0 Å². The van der Waals surface area contributed by atoms with Gasteiger partial charge in [-0.3, -0.25) is 4.79 Å². The fourth-order valence-electron chi connectivity index (χ4n) is 2.52. The molecule has 1 aliphatic heterocycles. The van der Waals surface area contributed by atoms with Crippen molar-refractivity contribution in [2.75, 3.05) is 19.6 Å². The highest BCUT2D eigenvalue weighted by Gasteiger charge is 2.32. The van der Waals surface area contributed by atoms with Crippen LogP contribution < -0.4 is 5.32 Å². The van der Waals surface area contributed by atoms with Crippen molar-refractivity contribution in [2.45, 2.75) is 32.2 Å². The summed E-state index contributed by atoms with van der Waals surface area (Å²) in [5, 5.41) is 3.34. The third kappa shape index (κ3) is 3.80. The molecule has 2 rings (SSSR count). The summed E-state index contributed by atoms with van der Waals surface area (Å²) >= 11 is 3.46. The van der Waals surface area contributed by atoms with Crippen molar-refractivity contribution in [2.24, 2.45) is 0 Å². The van der Waals surface area contributed by atoms with E-state index >= 15 is 0 Å². The molecule has 0 unspecified atom stereocenters. The van der Waals surface area contributed by atoms with E-state index in [1.54, 1.807) is 0 Å². The van der Waals surface area contributed by atoms with Crippen LogP contribution in [0.2, 0.25) is 0 Å². The molecule has 1 N–H and O–H groups in total. The second-order valence-electron chi connectivity index (χ2n) is 5.66. The van der Waals surface area contributed by atoms with Crippen molar-refractivity contribution < 1.29 is 4.79 Å². The molecule has 1 aromatic carbocycles. The van der Waals surface area contributed by atoms with Crippen LogP contribution in [-0.4, -0.2) is 36.0 Å². The van der Waals surface area contributed by atoms with Gasteiger partial charge >= 0.3 is 0 Å². The van der Waals surface area contributed by atoms with Gasteiger partial charge in [0.15, 0.2) is 0 Å². The number of piperazine rings is 1. The first-order chi connectivity index (χ1) is 8.99. The summed E-state index contributed by atoms with van der Waals surface area (Å²) in [7, 11) is 0. The summed E-state index contributed by atoms with van der Waals surface area (Å²) in [6, 6.07) is 8.17. The Bertz CT molecular complexity index is 459. The highest BCUT2D eigenvalue weighted by molar-refractivity contribution is 9.10. The lowest BCUT2D eigenvalue weighted by Gasteiger charge is -2.43. The summed E-state index contributed by atoms with van der Waals surface area (Å²) < 4.78 is 1.07. The molecule has 0 atom stereocenters. The van der Waals surface area contributed by atoms with Crippen LogP contribution >= 0.6 is 15.9 Å². The van der Waals surface area contributed by atoms with Crippen LogP contribution in [0.3, 0.4) is 0 Å². The van der Waals surface area contributed by atoms with E-state index in [9.17, 15) is 4.79 Å². The number of rotatable bonds is 3. The summed E-state index contributed by atoms with van der Waals surface area (Å²) in [6.07, 6.45) is 1.39. The SMILES string of the molecule is CC1(C)CNCCN1C(=O)CCc1cccc(Br)c1. The topological polar surface area (TPSA) is 32.3 Å². The number of hydrogen-bond acceptors (Lipinski definition) is 2. The molecule has 1 heterocycles. The molecule has 1 aromatic rings. The number of carbonyl (C=O) groups is 1. The molecule has 0 bridgehead atoms. The molecular weight excluding hydrogens is 304 g/mol. The maximum atomic E-state index is 12.4. The van der Waals surface area contributed by atoms with Crippen LogP contribution in [0.4, 0.5) is 0 Å². The minimum atomic E-state index is -0.0768. The second-order valence-corrected chi connectivity index (χ2v) is 6.58. The van der Waals surface area contributed by atoms with Gasteiger partial charge in [0.2, 0.25) is 5.91 Å². The van der Waals surface area contributed by atoms with Crippen LogP contribution in [0, 0.1) is 0 Å². The highest BCUT2D eigenvalue weighted by Crippen LogP contribution is 2.19. The van der Waals surface area contributed by atoms with E-state index in [-0.39, 0.29) is 11.4 Å². The molecule has 19 heavy (non-hydrogen) atoms. The van der Waals surface area contributed by atoms with E-state index in [4.69, 9.17) is 0 Å². The van der Waals surface area contributed by atoms with Gasteiger partial charge in [0, 0.05) is 36.1 Å². The van der Waals surface area contributed by atoms with Gasteiger partial charge < -0.3 is 10.2 Å². The Morgan fingerprint density at radius 3 is 2.95 bits per heavy atom. The maximum absolute atomic E-state index is 12.4. The molecule has 3 nitrogen and oxygen atoms in total. The summed E-state index contributed by atoms with van der Waals surface area (Å²) in [5.74, 6) is 0.256. The molecular formula is C15H21BrN2O. The Labute approximate surface area is 123 Å². The Kier molecular flexibility index (Phi) is 4.63. The Morgan fingerprint density at radius 1 is 1.47 bits per heavy atom. The summed E-state index contributed by atoms with van der Waals surface area (Å²) in [6.45, 7) is 6.82. The highest BCUT2D eigenvalue weighted by atomic mass is 79.9. The third-order valence-corrected chi connectivity index (χ3v) is 4.11. The van der Waals surface area contributed by atoms with Crippen LogP contribution in [-0.2, 0) is 11.2 Å². The minimum absolute atomic E-state index is 0.0768. The number of aryl methyl sites for hydroxylation is 1. The van der Waals surface area contributed by atoms with Crippen LogP contribution in [0.5, 0.6) is 0 Å². The molecule has 104 valence electrons. The smallest absolute Gasteiger partial charge is 0.223 e. The van der Waals surface area contributed by atoms with Crippen LogP contribution in [0.25, 0.3) is 0 Å². The summed E-state index contributed by atoms with van der Waals surface area (Å²) in [5.41, 5.74) is 1.13. The number of nitrogens with one attached hydrogen (secondary N) is 1. The van der Waals surface area contributed by atoms with E-state index in [1.165, 1.54) is 5.56 Å². The molecule has 0 aromatic heterocycles. The average Bonchev–Trinajstić information content (AvgIpc) is 2.35. The van der Waals surface area contributed by atoms with Gasteiger partial charge in [0.25, 0.3) is 0 Å². The van der Waals surface area contributed by atoms with E-state index in [1.807, 2.05) is 17.0 Å². The maximum Gasteiger partial charge on any atom is 0.223 e. The average molecular weight is 325 g/mol. The lowest BCUT2D eigenvalue weighted by molar-refractivity contribution is -0.137. The predicted molar refractivity (Wildman–Crippen MR) is 81.1 cm³/mol. The molecule has 1 aliphatic rings. The second kappa shape index (κ2) is 6.06. The molecule has 1 amide bonds. The third-order valence-electron chi connectivity index (χ3n) is 3.62. The van der Waals surface area contributed by atoms with Gasteiger partial charge in [-0.15, -0.1) is 0 Å². The lowest BCUT2D eigenvalue weighted by Crippen LogP contribution is -2.59. The monoisotopic (exact) mass is 324 g/mol. The number of hydrogen-bond donors (Lipinski definition) is 1. The molecule has 1 saturated heterocycles. The van der Waals surface area contributed by atoms with Crippen LogP contribution in [0.15, 0.2) is 28.7 Å². The zero-order chi connectivity index (χ0) is 13.9. The van der Waals surface area contributed by atoms with E-state index in [0.29, 0.717) is 6.42 Å². The van der Waals surface area contributed by atoms with Crippen molar-refractivity contribution in [3.05, 3.63) is 34.3 Å². The zero-order valence-electron chi connectivity index (χ0n) is 11.6. The number of halogens is 1. The minimum Gasteiger partial charge on any atom is -0.335 e. The Balaban J connectivity index is 1.94. The van der Waals surface area contributed by atoms with Gasteiger partial charge in [-0.05, 0) is 38.0 Å². The van der Waals surface area contributed by atoms with Crippen molar-refractivity contribution in [1.82, 2.24) is 10.2 Å². The van der Waals surface area contributed by atoms with Crippen molar-refractivity contribution in [3.8, 4) is 0 Å². The fourth-order valence-corrected chi connectivity index (χ4v) is 2.97. The standard InChI is InChI=1S/C15H21BrN2O/c1-15(2)11-17-8-9-18(15)14(19)7-6-12-4-3-5-13(16)10-12/h3-5,10,17H,6-9,11H2,1-2H3. The van der Waals surface area contributed by atoms with E-state index in [0.717, 1.165) is 30.5 Å². The Morgan fingerprint density at radius 2 is 2.26 bits per heavy atom. The number of nitrogens with zero attached hydrogens (tertiary/aromatic N) is 1. The molecule has 4 heteroatoms. The first-order valence-electron chi connectivity index (χ1n) is 6.75. The fraction of sp³-hybridized carbons (Fsp3) is 0.533. The molecule has 1 fully saturated rings. The zero-order valence-corrected chi connectivity index (χ0v) is 13.2. The number of benzene rings is 1. The normalized spacial score (nSPS) is 18.4. The van der Waals surface area contributed by atoms with Gasteiger partial charge in [0.05, 0.1) is 0 Å². The molecule has 0 saturated carbocycles. The first kappa shape index (κ1) is 14.5. The van der Waals surface area contributed by atoms with Crippen molar-refractivity contribution >= 4 is 21.8 Å². The molecule has 0 aliphatic carbocycles. The molecule has 0 spiro atoms. The largest absolute Gasteiger partial charge is 0.335 e. The predicted octanol–water partition coefficient (Wildman–Crippen LogP) is 2.59. The lowest BCUT2D eigenvalue weighted by atomic mass is 9.99. The van der Waals surface area contributed by atoms with Crippen molar-refractivity contribution in [1.29, 1.82) is 0 Å². The van der Waals surface area contributed by atoms with Crippen LogP contribution in [0.1, 0.15) is 25.8 Å². The first-order valence-corrected chi connectivity index (χ1v) is 7.54.